The van der Waals surface area contributed by atoms with Gasteiger partial charge in [0.25, 0.3) is 10.0 Å². The lowest BCUT2D eigenvalue weighted by atomic mass is 9.99. The van der Waals surface area contributed by atoms with Crippen LogP contribution >= 0.6 is 0 Å². The molecule has 7 nitrogen and oxygen atoms in total. The number of hydrogen-bond donors (Lipinski definition) is 3. The second kappa shape index (κ2) is 5.88. The van der Waals surface area contributed by atoms with E-state index in [9.17, 15) is 8.42 Å². The maximum atomic E-state index is 12.5. The number of nitrogen functional groups attached to an aromatic ring is 1. The lowest BCUT2D eigenvalue weighted by Crippen LogP contribution is -2.47. The van der Waals surface area contributed by atoms with Gasteiger partial charge in [0.2, 0.25) is 0 Å². The molecule has 2 fully saturated rings. The minimum atomic E-state index is -3.65. The Kier molecular flexibility index (Phi) is 4.12. The first-order chi connectivity index (χ1) is 10.1. The predicted octanol–water partition coefficient (Wildman–Crippen LogP) is 0.272. The van der Waals surface area contributed by atoms with E-state index in [2.05, 4.69) is 20.0 Å². The number of hydrazine groups is 1. The second-order valence-electron chi connectivity index (χ2n) is 5.68. The van der Waals surface area contributed by atoms with E-state index in [1.807, 2.05) is 0 Å². The highest BCUT2D eigenvalue weighted by atomic mass is 32.2. The molecule has 3 heterocycles. The fourth-order valence-electron chi connectivity index (χ4n) is 3.32. The molecule has 2 aliphatic heterocycles. The van der Waals surface area contributed by atoms with E-state index in [0.29, 0.717) is 11.7 Å². The minimum Gasteiger partial charge on any atom is -0.321 e. The van der Waals surface area contributed by atoms with Crippen molar-refractivity contribution in [3.05, 3.63) is 18.3 Å². The average molecular weight is 311 g/mol. The van der Waals surface area contributed by atoms with Gasteiger partial charge in [0, 0.05) is 18.3 Å². The Morgan fingerprint density at radius 1 is 1.33 bits per heavy atom. The SMILES string of the molecule is NNc1cccnc1S(=O)(=O)NC1CCN2CCCC2C1. The molecule has 3 rings (SSSR count). The van der Waals surface area contributed by atoms with Gasteiger partial charge in [-0.15, -0.1) is 0 Å². The van der Waals surface area contributed by atoms with Gasteiger partial charge in [0.15, 0.2) is 5.03 Å². The van der Waals surface area contributed by atoms with Gasteiger partial charge in [-0.2, -0.15) is 0 Å². The Balaban J connectivity index is 1.74. The summed E-state index contributed by atoms with van der Waals surface area (Å²) in [6.45, 7) is 2.10. The standard InChI is InChI=1S/C13H21N5O2S/c14-16-12-4-1-6-15-13(12)21(19,20)17-10-5-8-18-7-2-3-11(18)9-10/h1,4,6,10-11,16-17H,2-3,5,7-9,14H2. The molecule has 0 aliphatic carbocycles. The summed E-state index contributed by atoms with van der Waals surface area (Å²) < 4.78 is 27.8. The van der Waals surface area contributed by atoms with Crippen molar-refractivity contribution in [2.24, 2.45) is 5.84 Å². The van der Waals surface area contributed by atoms with Gasteiger partial charge in [-0.05, 0) is 50.9 Å². The zero-order valence-corrected chi connectivity index (χ0v) is 12.6. The summed E-state index contributed by atoms with van der Waals surface area (Å²) in [6.07, 6.45) is 5.55. The highest BCUT2D eigenvalue weighted by molar-refractivity contribution is 7.89. The number of fused-ring (bicyclic) bond motifs is 1. The fourth-order valence-corrected chi connectivity index (χ4v) is 4.70. The number of nitrogens with one attached hydrogen (secondary N) is 2. The quantitative estimate of drug-likeness (QED) is 0.545. The van der Waals surface area contributed by atoms with Crippen molar-refractivity contribution in [3.8, 4) is 0 Å². The maximum Gasteiger partial charge on any atom is 0.260 e. The minimum absolute atomic E-state index is 0.0259. The number of pyridine rings is 1. The molecule has 0 aromatic carbocycles. The van der Waals surface area contributed by atoms with E-state index in [4.69, 9.17) is 5.84 Å². The Morgan fingerprint density at radius 2 is 2.19 bits per heavy atom. The molecule has 116 valence electrons. The van der Waals surface area contributed by atoms with Crippen LogP contribution in [0.1, 0.15) is 25.7 Å². The number of hydrogen-bond acceptors (Lipinski definition) is 6. The summed E-state index contributed by atoms with van der Waals surface area (Å²) >= 11 is 0. The Bertz CT molecular complexity index is 606. The number of anilines is 1. The number of sulfonamides is 1. The lowest BCUT2D eigenvalue weighted by molar-refractivity contribution is 0.176. The molecule has 21 heavy (non-hydrogen) atoms. The molecule has 0 saturated carbocycles. The van der Waals surface area contributed by atoms with Crippen LogP contribution in [0.3, 0.4) is 0 Å². The van der Waals surface area contributed by atoms with Crippen LogP contribution in [0, 0.1) is 0 Å². The monoisotopic (exact) mass is 311 g/mol. The lowest BCUT2D eigenvalue weighted by Gasteiger charge is -2.34. The molecular formula is C13H21N5O2S. The van der Waals surface area contributed by atoms with E-state index >= 15 is 0 Å². The van der Waals surface area contributed by atoms with Gasteiger partial charge in [-0.1, -0.05) is 0 Å². The van der Waals surface area contributed by atoms with Crippen LogP contribution < -0.4 is 16.0 Å². The number of rotatable bonds is 4. The normalized spacial score (nSPS) is 26.5. The summed E-state index contributed by atoms with van der Waals surface area (Å²) in [4.78, 5) is 6.41. The second-order valence-corrected chi connectivity index (χ2v) is 7.30. The smallest absolute Gasteiger partial charge is 0.260 e. The molecule has 0 bridgehead atoms. The van der Waals surface area contributed by atoms with Crippen molar-refractivity contribution in [1.82, 2.24) is 14.6 Å². The van der Waals surface area contributed by atoms with Crippen LogP contribution in [0.5, 0.6) is 0 Å². The number of aromatic nitrogens is 1. The third-order valence-corrected chi connectivity index (χ3v) is 5.80. The van der Waals surface area contributed by atoms with Crippen molar-refractivity contribution < 1.29 is 8.42 Å². The van der Waals surface area contributed by atoms with Gasteiger partial charge in [-0.3, -0.25) is 5.84 Å². The molecule has 4 N–H and O–H groups in total. The Labute approximate surface area is 124 Å². The van der Waals surface area contributed by atoms with Crippen LogP contribution in [0.4, 0.5) is 5.69 Å². The first-order valence-corrected chi connectivity index (χ1v) is 8.76. The van der Waals surface area contributed by atoms with Crippen LogP contribution in [0.2, 0.25) is 0 Å². The molecule has 2 unspecified atom stereocenters. The summed E-state index contributed by atoms with van der Waals surface area (Å²) in [7, 11) is -3.65. The summed E-state index contributed by atoms with van der Waals surface area (Å²) in [5, 5.41) is -0.0404. The number of piperidine rings is 1. The van der Waals surface area contributed by atoms with Crippen molar-refractivity contribution in [2.45, 2.75) is 42.8 Å². The van der Waals surface area contributed by atoms with E-state index in [1.54, 1.807) is 12.1 Å². The highest BCUT2D eigenvalue weighted by Crippen LogP contribution is 2.28. The Hall–Kier alpha value is -1.22. The van der Waals surface area contributed by atoms with Crippen molar-refractivity contribution >= 4 is 15.7 Å². The van der Waals surface area contributed by atoms with E-state index in [0.717, 1.165) is 32.4 Å². The number of nitrogens with zero attached hydrogens (tertiary/aromatic N) is 2. The van der Waals surface area contributed by atoms with Crippen LogP contribution in [-0.2, 0) is 10.0 Å². The zero-order chi connectivity index (χ0) is 14.9. The molecular weight excluding hydrogens is 290 g/mol. The molecule has 2 atom stereocenters. The molecule has 2 saturated heterocycles. The zero-order valence-electron chi connectivity index (χ0n) is 11.8. The van der Waals surface area contributed by atoms with Crippen LogP contribution in [0.15, 0.2) is 23.4 Å². The average Bonchev–Trinajstić information content (AvgIpc) is 2.94. The molecule has 0 amide bonds. The molecule has 8 heteroatoms. The third-order valence-electron chi connectivity index (χ3n) is 4.32. The molecule has 0 spiro atoms. The van der Waals surface area contributed by atoms with Gasteiger partial charge < -0.3 is 10.3 Å². The first kappa shape index (κ1) is 14.7. The van der Waals surface area contributed by atoms with Crippen LogP contribution in [0.25, 0.3) is 0 Å². The number of nitrogens with two attached hydrogens (primary N) is 1. The molecule has 1 aromatic heterocycles. The van der Waals surface area contributed by atoms with Gasteiger partial charge >= 0.3 is 0 Å². The topological polar surface area (TPSA) is 100 Å². The van der Waals surface area contributed by atoms with Crippen molar-refractivity contribution in [2.75, 3.05) is 18.5 Å². The Morgan fingerprint density at radius 3 is 3.00 bits per heavy atom. The summed E-state index contributed by atoms with van der Waals surface area (Å²) in [5.41, 5.74) is 2.69. The molecule has 2 aliphatic rings. The van der Waals surface area contributed by atoms with Gasteiger partial charge in [0.1, 0.15) is 0 Å². The summed E-state index contributed by atoms with van der Waals surface area (Å²) in [5.74, 6) is 5.36. The van der Waals surface area contributed by atoms with E-state index in [-0.39, 0.29) is 11.1 Å². The first-order valence-electron chi connectivity index (χ1n) is 7.28. The van der Waals surface area contributed by atoms with Gasteiger partial charge in [0.05, 0.1) is 5.69 Å². The highest BCUT2D eigenvalue weighted by Gasteiger charge is 2.34. The molecule has 1 aromatic rings. The van der Waals surface area contributed by atoms with Crippen molar-refractivity contribution in [3.63, 3.8) is 0 Å². The third kappa shape index (κ3) is 3.03. The summed E-state index contributed by atoms with van der Waals surface area (Å²) in [6, 6.07) is 3.73. The van der Waals surface area contributed by atoms with Crippen LogP contribution in [-0.4, -0.2) is 43.5 Å². The molecule has 0 radical (unpaired) electrons. The van der Waals surface area contributed by atoms with E-state index in [1.165, 1.54) is 12.6 Å². The fraction of sp³-hybridized carbons (Fsp3) is 0.615. The van der Waals surface area contributed by atoms with Gasteiger partial charge in [-0.25, -0.2) is 18.1 Å². The largest absolute Gasteiger partial charge is 0.321 e. The maximum absolute atomic E-state index is 12.5. The predicted molar refractivity (Wildman–Crippen MR) is 80.0 cm³/mol. The van der Waals surface area contributed by atoms with Crippen molar-refractivity contribution in [1.29, 1.82) is 0 Å². The van der Waals surface area contributed by atoms with E-state index < -0.39 is 10.0 Å².